The molecule has 0 radical (unpaired) electrons. The van der Waals surface area contributed by atoms with Crippen molar-refractivity contribution < 1.29 is 18.7 Å². The molecule has 0 bridgehead atoms. The summed E-state index contributed by atoms with van der Waals surface area (Å²) >= 11 is 0. The molecule has 0 saturated carbocycles. The van der Waals surface area contributed by atoms with Gasteiger partial charge in [0.15, 0.2) is 6.29 Å². The third-order valence-electron chi connectivity index (χ3n) is 2.92. The van der Waals surface area contributed by atoms with Gasteiger partial charge < -0.3 is 9.47 Å². The maximum absolute atomic E-state index is 13.0. The zero-order chi connectivity index (χ0) is 14.5. The molecule has 0 spiro atoms. The zero-order valence-electron chi connectivity index (χ0n) is 11.4. The van der Waals surface area contributed by atoms with Crippen LogP contribution in [0.25, 0.3) is 0 Å². The van der Waals surface area contributed by atoms with E-state index in [1.807, 2.05) is 25.1 Å². The number of methoxy groups -OCH3 is 1. The van der Waals surface area contributed by atoms with Crippen LogP contribution >= 0.6 is 0 Å². The predicted molar refractivity (Wildman–Crippen MR) is 73.9 cm³/mol. The Hall–Kier alpha value is -2.36. The minimum absolute atomic E-state index is 0.191. The van der Waals surface area contributed by atoms with Crippen molar-refractivity contribution >= 4 is 6.29 Å². The number of aryl methyl sites for hydroxylation is 1. The van der Waals surface area contributed by atoms with Gasteiger partial charge in [0.1, 0.15) is 23.9 Å². The topological polar surface area (TPSA) is 35.5 Å². The molecule has 0 atom stereocenters. The number of ether oxygens (including phenoxy) is 2. The molecule has 0 N–H and O–H groups in total. The van der Waals surface area contributed by atoms with E-state index in [9.17, 15) is 9.18 Å². The van der Waals surface area contributed by atoms with Crippen molar-refractivity contribution in [3.05, 3.63) is 58.9 Å². The first-order valence-corrected chi connectivity index (χ1v) is 6.15. The van der Waals surface area contributed by atoms with Crippen LogP contribution in [0.3, 0.4) is 0 Å². The highest BCUT2D eigenvalue weighted by molar-refractivity contribution is 5.79. The largest absolute Gasteiger partial charge is 0.496 e. The van der Waals surface area contributed by atoms with Crippen molar-refractivity contribution in [3.63, 3.8) is 0 Å². The number of carbonyl (C=O) groups excluding carboxylic acids is 1. The van der Waals surface area contributed by atoms with Gasteiger partial charge in [-0.15, -0.1) is 0 Å². The summed E-state index contributed by atoms with van der Waals surface area (Å²) in [6.45, 7) is 2.22. The molecule has 3 nitrogen and oxygen atoms in total. The first-order chi connectivity index (χ1) is 9.63. The lowest BCUT2D eigenvalue weighted by atomic mass is 10.1. The van der Waals surface area contributed by atoms with Crippen LogP contribution < -0.4 is 9.47 Å². The smallest absolute Gasteiger partial charge is 0.153 e. The van der Waals surface area contributed by atoms with Gasteiger partial charge in [-0.25, -0.2) is 4.39 Å². The third-order valence-corrected chi connectivity index (χ3v) is 2.92. The molecule has 0 aromatic heterocycles. The summed E-state index contributed by atoms with van der Waals surface area (Å²) in [4.78, 5) is 10.9. The van der Waals surface area contributed by atoms with Crippen molar-refractivity contribution in [1.29, 1.82) is 0 Å². The maximum Gasteiger partial charge on any atom is 0.153 e. The van der Waals surface area contributed by atoms with Crippen molar-refractivity contribution in [2.75, 3.05) is 7.11 Å². The zero-order valence-corrected chi connectivity index (χ0v) is 11.4. The van der Waals surface area contributed by atoms with E-state index in [2.05, 4.69) is 0 Å². The molecule has 0 aliphatic heterocycles. The van der Waals surface area contributed by atoms with Crippen LogP contribution in [0.4, 0.5) is 4.39 Å². The summed E-state index contributed by atoms with van der Waals surface area (Å²) < 4.78 is 23.9. The molecular formula is C16H15FO3. The molecule has 104 valence electrons. The number of hydrogen-bond donors (Lipinski definition) is 0. The minimum Gasteiger partial charge on any atom is -0.496 e. The van der Waals surface area contributed by atoms with Crippen LogP contribution in [0.1, 0.15) is 21.5 Å². The standard InChI is InChI=1S/C16H15FO3/c1-11-3-5-15(19-2)13(7-11)10-20-16-6-4-14(17)8-12(16)9-18/h3-9H,10H2,1-2H3. The molecule has 0 unspecified atom stereocenters. The van der Waals surface area contributed by atoms with Crippen molar-refractivity contribution in [2.24, 2.45) is 0 Å². The number of halogens is 1. The Morgan fingerprint density at radius 2 is 1.90 bits per heavy atom. The molecule has 0 aliphatic carbocycles. The molecule has 0 fully saturated rings. The molecule has 2 aromatic carbocycles. The average Bonchev–Trinajstić information content (AvgIpc) is 2.46. The molecule has 2 aromatic rings. The second-order valence-corrected chi connectivity index (χ2v) is 4.40. The minimum atomic E-state index is -0.465. The van der Waals surface area contributed by atoms with Crippen LogP contribution in [0.2, 0.25) is 0 Å². The highest BCUT2D eigenvalue weighted by Crippen LogP contribution is 2.24. The Morgan fingerprint density at radius 3 is 2.60 bits per heavy atom. The van der Waals surface area contributed by atoms with Gasteiger partial charge in [0.2, 0.25) is 0 Å². The Balaban J connectivity index is 2.20. The first kappa shape index (κ1) is 14.1. The Labute approximate surface area is 117 Å². The molecule has 2 rings (SSSR count). The van der Waals surface area contributed by atoms with Gasteiger partial charge >= 0.3 is 0 Å². The van der Waals surface area contributed by atoms with E-state index in [1.165, 1.54) is 12.1 Å². The SMILES string of the molecule is COc1ccc(C)cc1COc1ccc(F)cc1C=O. The van der Waals surface area contributed by atoms with E-state index >= 15 is 0 Å². The molecule has 0 amide bonds. The lowest BCUT2D eigenvalue weighted by Gasteiger charge is -2.12. The molecule has 0 saturated heterocycles. The van der Waals surface area contributed by atoms with E-state index < -0.39 is 5.82 Å². The number of hydrogen-bond acceptors (Lipinski definition) is 3. The Bertz CT molecular complexity index is 623. The second kappa shape index (κ2) is 6.19. The predicted octanol–water partition coefficient (Wildman–Crippen LogP) is 3.53. The number of benzene rings is 2. The van der Waals surface area contributed by atoms with Gasteiger partial charge in [0.25, 0.3) is 0 Å². The maximum atomic E-state index is 13.0. The van der Waals surface area contributed by atoms with E-state index in [-0.39, 0.29) is 12.2 Å². The fourth-order valence-corrected chi connectivity index (χ4v) is 1.92. The highest BCUT2D eigenvalue weighted by Gasteiger charge is 2.08. The van der Waals surface area contributed by atoms with Gasteiger partial charge in [-0.1, -0.05) is 11.6 Å². The fourth-order valence-electron chi connectivity index (χ4n) is 1.92. The van der Waals surface area contributed by atoms with E-state index in [0.717, 1.165) is 17.2 Å². The molecule has 0 aliphatic rings. The normalized spacial score (nSPS) is 10.2. The van der Waals surface area contributed by atoms with Crippen LogP contribution in [0.5, 0.6) is 11.5 Å². The average molecular weight is 274 g/mol. The Morgan fingerprint density at radius 1 is 1.15 bits per heavy atom. The molecular weight excluding hydrogens is 259 g/mol. The monoisotopic (exact) mass is 274 g/mol. The summed E-state index contributed by atoms with van der Waals surface area (Å²) in [5, 5.41) is 0. The van der Waals surface area contributed by atoms with E-state index in [0.29, 0.717) is 17.8 Å². The molecule has 20 heavy (non-hydrogen) atoms. The lowest BCUT2D eigenvalue weighted by molar-refractivity contribution is 0.111. The summed E-state index contributed by atoms with van der Waals surface area (Å²) in [6.07, 6.45) is 0.575. The van der Waals surface area contributed by atoms with Crippen LogP contribution in [-0.4, -0.2) is 13.4 Å². The summed E-state index contributed by atoms with van der Waals surface area (Å²) in [5.41, 5.74) is 2.14. The van der Waals surface area contributed by atoms with Crippen LogP contribution in [0.15, 0.2) is 36.4 Å². The summed E-state index contributed by atoms with van der Waals surface area (Å²) in [6, 6.07) is 9.60. The van der Waals surface area contributed by atoms with Gasteiger partial charge in [0.05, 0.1) is 12.7 Å². The second-order valence-electron chi connectivity index (χ2n) is 4.40. The molecule has 0 heterocycles. The van der Waals surface area contributed by atoms with Gasteiger partial charge in [-0.05, 0) is 37.3 Å². The number of carbonyl (C=O) groups is 1. The molecule has 4 heteroatoms. The van der Waals surface area contributed by atoms with Crippen molar-refractivity contribution in [1.82, 2.24) is 0 Å². The summed E-state index contributed by atoms with van der Waals surface area (Å²) in [7, 11) is 1.59. The third kappa shape index (κ3) is 3.15. The quantitative estimate of drug-likeness (QED) is 0.782. The summed E-state index contributed by atoms with van der Waals surface area (Å²) in [5.74, 6) is 0.600. The van der Waals surface area contributed by atoms with Crippen LogP contribution in [-0.2, 0) is 6.61 Å². The van der Waals surface area contributed by atoms with E-state index in [4.69, 9.17) is 9.47 Å². The van der Waals surface area contributed by atoms with Crippen molar-refractivity contribution in [3.8, 4) is 11.5 Å². The number of aldehydes is 1. The van der Waals surface area contributed by atoms with Crippen molar-refractivity contribution in [2.45, 2.75) is 13.5 Å². The van der Waals surface area contributed by atoms with Gasteiger partial charge in [-0.2, -0.15) is 0 Å². The first-order valence-electron chi connectivity index (χ1n) is 6.15. The Kier molecular flexibility index (Phi) is 4.35. The fraction of sp³-hybridized carbons (Fsp3) is 0.188. The highest BCUT2D eigenvalue weighted by atomic mass is 19.1. The van der Waals surface area contributed by atoms with Gasteiger partial charge in [-0.3, -0.25) is 4.79 Å². The van der Waals surface area contributed by atoms with Gasteiger partial charge in [0, 0.05) is 5.56 Å². The number of rotatable bonds is 5. The van der Waals surface area contributed by atoms with E-state index in [1.54, 1.807) is 7.11 Å². The van der Waals surface area contributed by atoms with Crippen LogP contribution in [0, 0.1) is 12.7 Å². The lowest BCUT2D eigenvalue weighted by Crippen LogP contribution is -2.01.